The van der Waals surface area contributed by atoms with Crippen LogP contribution < -0.4 is 15.8 Å². The highest BCUT2D eigenvalue weighted by atomic mass is 16.5. The minimum absolute atomic E-state index is 0.0138. The van der Waals surface area contributed by atoms with Gasteiger partial charge in [0.25, 0.3) is 0 Å². The lowest BCUT2D eigenvalue weighted by Crippen LogP contribution is -2.15. The average Bonchev–Trinajstić information content (AvgIpc) is 2.56. The first-order valence-electron chi connectivity index (χ1n) is 4.95. The van der Waals surface area contributed by atoms with Crippen LogP contribution in [0.2, 0.25) is 0 Å². The Morgan fingerprint density at radius 1 is 1.53 bits per heavy atom. The summed E-state index contributed by atoms with van der Waals surface area (Å²) in [5, 5.41) is 2.83. The number of hydrogen-bond donors (Lipinski definition) is 2. The van der Waals surface area contributed by atoms with E-state index in [9.17, 15) is 4.79 Å². The van der Waals surface area contributed by atoms with Crippen molar-refractivity contribution in [2.24, 2.45) is 5.73 Å². The molecule has 1 aliphatic heterocycles. The van der Waals surface area contributed by atoms with Crippen molar-refractivity contribution in [3.8, 4) is 5.75 Å². The highest BCUT2D eigenvalue weighted by molar-refractivity contribution is 6.03. The van der Waals surface area contributed by atoms with E-state index < -0.39 is 0 Å². The van der Waals surface area contributed by atoms with E-state index in [1.54, 1.807) is 7.11 Å². The van der Waals surface area contributed by atoms with Gasteiger partial charge in [-0.25, -0.2) is 0 Å². The van der Waals surface area contributed by atoms with Gasteiger partial charge in [-0.15, -0.1) is 0 Å². The second-order valence-corrected chi connectivity index (χ2v) is 3.54. The number of hydrogen-bond acceptors (Lipinski definition) is 3. The minimum Gasteiger partial charge on any atom is -0.496 e. The van der Waals surface area contributed by atoms with Gasteiger partial charge in [-0.2, -0.15) is 0 Å². The number of nitrogens with one attached hydrogen (secondary N) is 1. The third-order valence-electron chi connectivity index (χ3n) is 2.66. The Morgan fingerprint density at radius 2 is 2.33 bits per heavy atom. The molecule has 3 N–H and O–H groups in total. The van der Waals surface area contributed by atoms with Crippen LogP contribution in [0.25, 0.3) is 0 Å². The van der Waals surface area contributed by atoms with Crippen LogP contribution in [0.5, 0.6) is 5.75 Å². The zero-order valence-corrected chi connectivity index (χ0v) is 8.62. The van der Waals surface area contributed by atoms with Crippen molar-refractivity contribution in [1.29, 1.82) is 0 Å². The molecule has 1 heterocycles. The van der Waals surface area contributed by atoms with Gasteiger partial charge in [0, 0.05) is 11.3 Å². The standard InChI is InChI=1S/C11H14N2O2/c1-15-9-4-2-3-8-10(9)7(5-6-12)11(14)13-8/h2-4,7H,5-6,12H2,1H3,(H,13,14). The fraction of sp³-hybridized carbons (Fsp3) is 0.364. The lowest BCUT2D eigenvalue weighted by atomic mass is 9.96. The summed E-state index contributed by atoms with van der Waals surface area (Å²) in [5.74, 6) is 0.602. The SMILES string of the molecule is COc1cccc2c1C(CCN)C(=O)N2. The highest BCUT2D eigenvalue weighted by Crippen LogP contribution is 2.40. The smallest absolute Gasteiger partial charge is 0.232 e. The zero-order chi connectivity index (χ0) is 10.8. The molecule has 0 spiro atoms. The molecule has 1 aromatic carbocycles. The normalized spacial score (nSPS) is 18.5. The second kappa shape index (κ2) is 3.90. The number of ether oxygens (including phenoxy) is 1. The van der Waals surface area contributed by atoms with Crippen LogP contribution in [-0.4, -0.2) is 19.6 Å². The Hall–Kier alpha value is -1.55. The molecular formula is C11H14N2O2. The quantitative estimate of drug-likeness (QED) is 0.777. The van der Waals surface area contributed by atoms with Crippen molar-refractivity contribution < 1.29 is 9.53 Å². The summed E-state index contributed by atoms with van der Waals surface area (Å²) in [6, 6.07) is 5.61. The largest absolute Gasteiger partial charge is 0.496 e. The molecule has 4 nitrogen and oxygen atoms in total. The van der Waals surface area contributed by atoms with Gasteiger partial charge >= 0.3 is 0 Å². The lowest BCUT2D eigenvalue weighted by molar-refractivity contribution is -0.117. The number of fused-ring (bicyclic) bond motifs is 1. The number of nitrogens with two attached hydrogens (primary N) is 1. The Morgan fingerprint density at radius 3 is 3.00 bits per heavy atom. The number of methoxy groups -OCH3 is 1. The molecule has 1 aliphatic rings. The van der Waals surface area contributed by atoms with E-state index >= 15 is 0 Å². The van der Waals surface area contributed by atoms with Gasteiger partial charge < -0.3 is 15.8 Å². The summed E-state index contributed by atoms with van der Waals surface area (Å²) in [5.41, 5.74) is 7.28. The van der Waals surface area contributed by atoms with Crippen LogP contribution in [-0.2, 0) is 4.79 Å². The molecule has 1 amide bonds. The molecule has 0 aliphatic carbocycles. The van der Waals surface area contributed by atoms with Gasteiger partial charge in [-0.3, -0.25) is 4.79 Å². The zero-order valence-electron chi connectivity index (χ0n) is 8.62. The van der Waals surface area contributed by atoms with Crippen molar-refractivity contribution in [3.63, 3.8) is 0 Å². The lowest BCUT2D eigenvalue weighted by Gasteiger charge is -2.10. The maximum Gasteiger partial charge on any atom is 0.232 e. The van der Waals surface area contributed by atoms with Gasteiger partial charge in [-0.05, 0) is 25.1 Å². The van der Waals surface area contributed by atoms with Crippen molar-refractivity contribution in [2.75, 3.05) is 19.0 Å². The van der Waals surface area contributed by atoms with E-state index in [0.29, 0.717) is 13.0 Å². The molecule has 80 valence electrons. The molecule has 2 rings (SSSR count). The molecule has 0 bridgehead atoms. The van der Waals surface area contributed by atoms with Crippen LogP contribution in [0, 0.1) is 0 Å². The summed E-state index contributed by atoms with van der Waals surface area (Å²) < 4.78 is 5.25. The van der Waals surface area contributed by atoms with Crippen molar-refractivity contribution in [1.82, 2.24) is 0 Å². The Bertz CT molecular complexity index is 390. The van der Waals surface area contributed by atoms with E-state index in [2.05, 4.69) is 5.32 Å². The van der Waals surface area contributed by atoms with Gasteiger partial charge in [0.05, 0.1) is 13.0 Å². The van der Waals surface area contributed by atoms with Crippen LogP contribution in [0.3, 0.4) is 0 Å². The summed E-state index contributed by atoms with van der Waals surface area (Å²) in [6.07, 6.45) is 0.652. The number of anilines is 1. The van der Waals surface area contributed by atoms with Gasteiger partial charge in [-0.1, -0.05) is 6.07 Å². The molecular weight excluding hydrogens is 192 g/mol. The predicted octanol–water partition coefficient (Wildman–Crippen LogP) is 1.08. The van der Waals surface area contributed by atoms with E-state index in [-0.39, 0.29) is 11.8 Å². The Labute approximate surface area is 88.4 Å². The maximum atomic E-state index is 11.7. The van der Waals surface area contributed by atoms with Crippen molar-refractivity contribution in [3.05, 3.63) is 23.8 Å². The molecule has 0 fully saturated rings. The molecule has 1 atom stereocenters. The highest BCUT2D eigenvalue weighted by Gasteiger charge is 2.32. The van der Waals surface area contributed by atoms with E-state index in [1.165, 1.54) is 0 Å². The summed E-state index contributed by atoms with van der Waals surface area (Å²) in [6.45, 7) is 0.496. The number of carbonyl (C=O) groups is 1. The number of benzene rings is 1. The molecule has 1 aromatic rings. The summed E-state index contributed by atoms with van der Waals surface area (Å²) in [7, 11) is 1.61. The van der Waals surface area contributed by atoms with Crippen LogP contribution in [0.4, 0.5) is 5.69 Å². The minimum atomic E-state index is -0.166. The fourth-order valence-corrected chi connectivity index (χ4v) is 1.98. The number of rotatable bonds is 3. The summed E-state index contributed by atoms with van der Waals surface area (Å²) >= 11 is 0. The monoisotopic (exact) mass is 206 g/mol. The van der Waals surface area contributed by atoms with Crippen LogP contribution in [0.15, 0.2) is 18.2 Å². The fourth-order valence-electron chi connectivity index (χ4n) is 1.98. The maximum absolute atomic E-state index is 11.7. The first-order valence-corrected chi connectivity index (χ1v) is 4.95. The average molecular weight is 206 g/mol. The summed E-state index contributed by atoms with van der Waals surface area (Å²) in [4.78, 5) is 11.7. The van der Waals surface area contributed by atoms with Gasteiger partial charge in [0.15, 0.2) is 0 Å². The molecule has 1 unspecified atom stereocenters. The third kappa shape index (κ3) is 1.57. The molecule has 15 heavy (non-hydrogen) atoms. The first-order chi connectivity index (χ1) is 7.27. The molecule has 4 heteroatoms. The first kappa shape index (κ1) is 9.98. The second-order valence-electron chi connectivity index (χ2n) is 3.54. The Kier molecular flexibility index (Phi) is 2.60. The Balaban J connectivity index is 2.45. The van der Waals surface area contributed by atoms with Crippen molar-refractivity contribution >= 4 is 11.6 Å². The third-order valence-corrected chi connectivity index (χ3v) is 2.66. The predicted molar refractivity (Wildman–Crippen MR) is 58.0 cm³/mol. The van der Waals surface area contributed by atoms with Gasteiger partial charge in [0.2, 0.25) is 5.91 Å². The van der Waals surface area contributed by atoms with Gasteiger partial charge in [0.1, 0.15) is 5.75 Å². The molecule has 0 saturated carbocycles. The number of amides is 1. The number of carbonyl (C=O) groups excluding carboxylic acids is 1. The van der Waals surface area contributed by atoms with E-state index in [0.717, 1.165) is 17.0 Å². The molecule has 0 radical (unpaired) electrons. The molecule has 0 aromatic heterocycles. The van der Waals surface area contributed by atoms with Crippen LogP contribution >= 0.6 is 0 Å². The molecule has 0 saturated heterocycles. The van der Waals surface area contributed by atoms with E-state index in [1.807, 2.05) is 18.2 Å². The van der Waals surface area contributed by atoms with Crippen molar-refractivity contribution in [2.45, 2.75) is 12.3 Å². The van der Waals surface area contributed by atoms with Crippen LogP contribution in [0.1, 0.15) is 17.9 Å². The topological polar surface area (TPSA) is 64.3 Å². The van der Waals surface area contributed by atoms with E-state index in [4.69, 9.17) is 10.5 Å².